The van der Waals surface area contributed by atoms with Crippen LogP contribution in [-0.4, -0.2) is 18.0 Å². The zero-order valence-corrected chi connectivity index (χ0v) is 13.1. The summed E-state index contributed by atoms with van der Waals surface area (Å²) in [5, 5.41) is 2.44. The van der Waals surface area contributed by atoms with E-state index in [4.69, 9.17) is 10.5 Å². The van der Waals surface area contributed by atoms with Gasteiger partial charge in [-0.3, -0.25) is 4.79 Å². The number of ether oxygens (including phenoxy) is 1. The van der Waals surface area contributed by atoms with E-state index in [-0.39, 0.29) is 16.9 Å². The van der Waals surface area contributed by atoms with Crippen molar-refractivity contribution in [2.24, 2.45) is 0 Å². The van der Waals surface area contributed by atoms with Gasteiger partial charge in [0.05, 0.1) is 5.56 Å². The van der Waals surface area contributed by atoms with Gasteiger partial charge in [0, 0.05) is 11.4 Å². The second kappa shape index (κ2) is 7.08. The van der Waals surface area contributed by atoms with E-state index < -0.39 is 29.6 Å². The molecular weight excluding hydrogens is 318 g/mol. The van der Waals surface area contributed by atoms with Crippen molar-refractivity contribution in [3.8, 4) is 0 Å². The van der Waals surface area contributed by atoms with Gasteiger partial charge in [-0.2, -0.15) is 0 Å². The van der Waals surface area contributed by atoms with Crippen molar-refractivity contribution in [2.75, 3.05) is 11.1 Å². The van der Waals surface area contributed by atoms with Crippen molar-refractivity contribution in [1.29, 1.82) is 0 Å². The highest BCUT2D eigenvalue weighted by atomic mass is 19.1. The topological polar surface area (TPSA) is 81.4 Å². The number of nitrogen functional groups attached to an aromatic ring is 1. The van der Waals surface area contributed by atoms with E-state index in [1.807, 2.05) is 0 Å². The molecular formula is C17H16F2N2O3. The van der Waals surface area contributed by atoms with Crippen LogP contribution in [0.4, 0.5) is 20.2 Å². The lowest BCUT2D eigenvalue weighted by molar-refractivity contribution is -0.123. The maximum Gasteiger partial charge on any atom is 0.341 e. The molecule has 2 aromatic carbocycles. The first-order chi connectivity index (χ1) is 11.3. The van der Waals surface area contributed by atoms with Crippen LogP contribution in [0.15, 0.2) is 36.4 Å². The summed E-state index contributed by atoms with van der Waals surface area (Å²) in [6.45, 7) is 2.95. The van der Waals surface area contributed by atoms with Gasteiger partial charge in [-0.15, -0.1) is 0 Å². The molecule has 1 atom stereocenters. The second-order valence-electron chi connectivity index (χ2n) is 5.23. The third-order valence-corrected chi connectivity index (χ3v) is 3.33. The molecule has 1 amide bonds. The van der Waals surface area contributed by atoms with E-state index in [0.717, 1.165) is 12.1 Å². The highest BCUT2D eigenvalue weighted by Gasteiger charge is 2.21. The first-order valence-electron chi connectivity index (χ1n) is 7.11. The highest BCUT2D eigenvalue weighted by Crippen LogP contribution is 2.17. The lowest BCUT2D eigenvalue weighted by Gasteiger charge is -2.14. The number of carbonyl (C=O) groups excluding carboxylic acids is 2. The molecule has 0 heterocycles. The van der Waals surface area contributed by atoms with E-state index in [2.05, 4.69) is 5.32 Å². The Balaban J connectivity index is 2.02. The summed E-state index contributed by atoms with van der Waals surface area (Å²) in [6, 6.07) is 7.43. The summed E-state index contributed by atoms with van der Waals surface area (Å²) in [5.74, 6) is -2.54. The number of aryl methyl sites for hydroxylation is 1. The van der Waals surface area contributed by atoms with Gasteiger partial charge in [-0.25, -0.2) is 13.6 Å². The Morgan fingerprint density at radius 1 is 1.17 bits per heavy atom. The van der Waals surface area contributed by atoms with Crippen molar-refractivity contribution in [3.63, 3.8) is 0 Å². The molecule has 0 saturated heterocycles. The second-order valence-corrected chi connectivity index (χ2v) is 5.23. The van der Waals surface area contributed by atoms with Crippen LogP contribution in [-0.2, 0) is 9.53 Å². The highest BCUT2D eigenvalue weighted by molar-refractivity contribution is 5.99. The van der Waals surface area contributed by atoms with Crippen molar-refractivity contribution < 1.29 is 23.1 Å². The van der Waals surface area contributed by atoms with E-state index in [0.29, 0.717) is 5.56 Å². The Morgan fingerprint density at radius 3 is 2.50 bits per heavy atom. The molecule has 2 aromatic rings. The number of carbonyl (C=O) groups is 2. The molecule has 126 valence electrons. The molecule has 0 aliphatic rings. The Labute approximate surface area is 137 Å². The predicted molar refractivity (Wildman–Crippen MR) is 85.5 cm³/mol. The number of benzene rings is 2. The fraction of sp³-hybridized carbons (Fsp3) is 0.176. The largest absolute Gasteiger partial charge is 0.449 e. The number of nitrogens with two attached hydrogens (primary N) is 1. The number of rotatable bonds is 4. The summed E-state index contributed by atoms with van der Waals surface area (Å²) in [6.07, 6.45) is -1.15. The first kappa shape index (κ1) is 17.4. The van der Waals surface area contributed by atoms with E-state index >= 15 is 0 Å². The standard InChI is InChI=1S/C17H16F2N2O3/c1-9-3-5-12(8-14(9)19)21-16(22)10(2)24-17(23)13-6-4-11(18)7-15(13)20/h3-8,10H,20H2,1-2H3,(H,21,22)/t10-/m1/s1. The summed E-state index contributed by atoms with van der Waals surface area (Å²) in [5.41, 5.74) is 6.10. The fourth-order valence-corrected chi connectivity index (χ4v) is 1.91. The number of anilines is 2. The van der Waals surface area contributed by atoms with Gasteiger partial charge in [0.25, 0.3) is 5.91 Å². The molecule has 0 bridgehead atoms. The minimum Gasteiger partial charge on any atom is -0.449 e. The van der Waals surface area contributed by atoms with Gasteiger partial charge >= 0.3 is 5.97 Å². The lowest BCUT2D eigenvalue weighted by atomic mass is 10.2. The third-order valence-electron chi connectivity index (χ3n) is 3.33. The summed E-state index contributed by atoms with van der Waals surface area (Å²) in [7, 11) is 0. The predicted octanol–water partition coefficient (Wildman–Crippen LogP) is 3.04. The number of amides is 1. The molecule has 24 heavy (non-hydrogen) atoms. The fourth-order valence-electron chi connectivity index (χ4n) is 1.91. The average Bonchev–Trinajstić information content (AvgIpc) is 2.50. The number of esters is 1. The Morgan fingerprint density at radius 2 is 1.88 bits per heavy atom. The summed E-state index contributed by atoms with van der Waals surface area (Å²) in [4.78, 5) is 24.0. The van der Waals surface area contributed by atoms with Crippen molar-refractivity contribution in [3.05, 3.63) is 59.2 Å². The summed E-state index contributed by atoms with van der Waals surface area (Å²) < 4.78 is 31.4. The monoisotopic (exact) mass is 334 g/mol. The van der Waals surface area contributed by atoms with Crippen molar-refractivity contribution >= 4 is 23.3 Å². The molecule has 3 N–H and O–H groups in total. The van der Waals surface area contributed by atoms with E-state index in [9.17, 15) is 18.4 Å². The van der Waals surface area contributed by atoms with Gasteiger partial charge < -0.3 is 15.8 Å². The molecule has 5 nitrogen and oxygen atoms in total. The number of nitrogens with one attached hydrogen (secondary N) is 1. The van der Waals surface area contributed by atoms with Crippen LogP contribution in [0.2, 0.25) is 0 Å². The first-order valence-corrected chi connectivity index (χ1v) is 7.11. The van der Waals surface area contributed by atoms with Crippen LogP contribution >= 0.6 is 0 Å². The molecule has 0 aromatic heterocycles. The maximum atomic E-state index is 13.5. The van der Waals surface area contributed by atoms with Crippen molar-refractivity contribution in [2.45, 2.75) is 20.0 Å². The van der Waals surface area contributed by atoms with Crippen LogP contribution < -0.4 is 11.1 Å². The number of hydrogen-bond donors (Lipinski definition) is 2. The molecule has 0 unspecified atom stereocenters. The van der Waals surface area contributed by atoms with E-state index in [1.165, 1.54) is 31.2 Å². The minimum absolute atomic E-state index is 0.0440. The molecule has 2 rings (SSSR count). The molecule has 0 saturated carbocycles. The van der Waals surface area contributed by atoms with Crippen molar-refractivity contribution in [1.82, 2.24) is 0 Å². The number of halogens is 2. The smallest absolute Gasteiger partial charge is 0.341 e. The van der Waals surface area contributed by atoms with Gasteiger partial charge in [-0.1, -0.05) is 6.07 Å². The molecule has 0 fully saturated rings. The van der Waals surface area contributed by atoms with Crippen LogP contribution in [0.25, 0.3) is 0 Å². The van der Waals surface area contributed by atoms with Crippen LogP contribution in [0.5, 0.6) is 0 Å². The molecule has 0 spiro atoms. The Hall–Kier alpha value is -2.96. The molecule has 0 aliphatic heterocycles. The normalized spacial score (nSPS) is 11.7. The van der Waals surface area contributed by atoms with Gasteiger partial charge in [0.1, 0.15) is 11.6 Å². The Kier molecular flexibility index (Phi) is 5.13. The molecule has 7 heteroatoms. The van der Waals surface area contributed by atoms with Crippen LogP contribution in [0, 0.1) is 18.6 Å². The zero-order chi connectivity index (χ0) is 17.9. The van der Waals surface area contributed by atoms with Gasteiger partial charge in [-0.05, 0) is 49.7 Å². The van der Waals surface area contributed by atoms with Gasteiger partial charge in [0.15, 0.2) is 6.10 Å². The number of hydrogen-bond acceptors (Lipinski definition) is 4. The van der Waals surface area contributed by atoms with Crippen LogP contribution in [0.3, 0.4) is 0 Å². The SMILES string of the molecule is Cc1ccc(NC(=O)[C@@H](C)OC(=O)c2ccc(F)cc2N)cc1F. The molecule has 0 aliphatic carbocycles. The zero-order valence-electron chi connectivity index (χ0n) is 13.1. The molecule has 0 radical (unpaired) electrons. The Bertz CT molecular complexity index is 793. The quantitative estimate of drug-likeness (QED) is 0.665. The average molecular weight is 334 g/mol. The third kappa shape index (κ3) is 4.07. The van der Waals surface area contributed by atoms with Gasteiger partial charge in [0.2, 0.25) is 0 Å². The summed E-state index contributed by atoms with van der Waals surface area (Å²) >= 11 is 0. The van der Waals surface area contributed by atoms with E-state index in [1.54, 1.807) is 6.92 Å². The lowest BCUT2D eigenvalue weighted by Crippen LogP contribution is -2.30. The maximum absolute atomic E-state index is 13.5. The minimum atomic E-state index is -1.15. The van der Waals surface area contributed by atoms with Crippen LogP contribution in [0.1, 0.15) is 22.8 Å².